The zero-order valence-electron chi connectivity index (χ0n) is 9.12. The summed E-state index contributed by atoms with van der Waals surface area (Å²) in [5, 5.41) is 0.299. The van der Waals surface area contributed by atoms with Crippen LogP contribution in [0.15, 0.2) is 0 Å². The molecule has 14 heavy (non-hydrogen) atoms. The second-order valence-corrected chi connectivity index (χ2v) is 6.46. The minimum Gasteiger partial charge on any atom is -0.298 e. The molecule has 0 aliphatic carbocycles. The second kappa shape index (κ2) is 6.78. The lowest BCUT2D eigenvalue weighted by molar-refractivity contribution is -0.119. The van der Waals surface area contributed by atoms with E-state index in [2.05, 4.69) is 13.8 Å². The third-order valence-corrected chi connectivity index (χ3v) is 5.31. The van der Waals surface area contributed by atoms with Gasteiger partial charge in [-0.2, -0.15) is 11.8 Å². The minimum absolute atomic E-state index is 0.299. The van der Waals surface area contributed by atoms with Crippen LogP contribution in [-0.4, -0.2) is 28.3 Å². The number of rotatable bonds is 5. The van der Waals surface area contributed by atoms with Crippen molar-refractivity contribution in [3.63, 3.8) is 0 Å². The Morgan fingerprint density at radius 2 is 2.29 bits per heavy atom. The molecular weight excluding hydrogens is 212 g/mol. The summed E-state index contributed by atoms with van der Waals surface area (Å²) >= 11 is 3.79. The van der Waals surface area contributed by atoms with Crippen molar-refractivity contribution < 1.29 is 4.79 Å². The zero-order chi connectivity index (χ0) is 10.4. The van der Waals surface area contributed by atoms with Crippen LogP contribution >= 0.6 is 23.5 Å². The van der Waals surface area contributed by atoms with Gasteiger partial charge in [0.25, 0.3) is 0 Å². The average molecular weight is 232 g/mol. The van der Waals surface area contributed by atoms with Crippen molar-refractivity contribution in [3.8, 4) is 0 Å². The smallest absolute Gasteiger partial charge is 0.146 e. The molecule has 82 valence electrons. The first-order valence-electron chi connectivity index (χ1n) is 5.46. The fourth-order valence-electron chi connectivity index (χ4n) is 1.74. The van der Waals surface area contributed by atoms with E-state index in [1.165, 1.54) is 18.6 Å². The SMILES string of the molecule is CCCC(C)CC(=O)C1CSCCS1. The highest BCUT2D eigenvalue weighted by Gasteiger charge is 2.22. The molecule has 2 unspecified atom stereocenters. The van der Waals surface area contributed by atoms with E-state index in [-0.39, 0.29) is 0 Å². The van der Waals surface area contributed by atoms with Gasteiger partial charge in [-0.15, -0.1) is 11.8 Å². The number of carbonyl (C=O) groups excluding carboxylic acids is 1. The fraction of sp³-hybridized carbons (Fsp3) is 0.909. The zero-order valence-corrected chi connectivity index (χ0v) is 10.8. The Hall–Kier alpha value is 0.370. The van der Waals surface area contributed by atoms with Gasteiger partial charge in [0, 0.05) is 23.7 Å². The van der Waals surface area contributed by atoms with Gasteiger partial charge in [0.1, 0.15) is 5.78 Å². The van der Waals surface area contributed by atoms with Crippen molar-refractivity contribution in [1.82, 2.24) is 0 Å². The lowest BCUT2D eigenvalue weighted by Crippen LogP contribution is -2.25. The quantitative estimate of drug-likeness (QED) is 0.724. The Morgan fingerprint density at radius 3 is 2.86 bits per heavy atom. The first-order valence-corrected chi connectivity index (χ1v) is 7.66. The van der Waals surface area contributed by atoms with Gasteiger partial charge in [0.15, 0.2) is 0 Å². The minimum atomic E-state index is 0.299. The lowest BCUT2D eigenvalue weighted by Gasteiger charge is -2.21. The number of carbonyl (C=O) groups is 1. The second-order valence-electron chi connectivity index (χ2n) is 4.00. The highest BCUT2D eigenvalue weighted by Crippen LogP contribution is 2.26. The molecule has 1 fully saturated rings. The van der Waals surface area contributed by atoms with E-state index in [0.717, 1.165) is 17.9 Å². The first kappa shape index (κ1) is 12.4. The van der Waals surface area contributed by atoms with Gasteiger partial charge in [-0.05, 0) is 5.92 Å². The molecule has 0 amide bonds. The lowest BCUT2D eigenvalue weighted by atomic mass is 9.98. The van der Waals surface area contributed by atoms with E-state index in [1.807, 2.05) is 23.5 Å². The molecule has 0 spiro atoms. The van der Waals surface area contributed by atoms with E-state index in [0.29, 0.717) is 17.0 Å². The molecule has 1 rings (SSSR count). The molecule has 1 aliphatic heterocycles. The van der Waals surface area contributed by atoms with Crippen molar-refractivity contribution in [2.45, 2.75) is 38.4 Å². The number of thioether (sulfide) groups is 2. The van der Waals surface area contributed by atoms with Gasteiger partial charge in [0.05, 0.1) is 5.25 Å². The molecule has 1 heterocycles. The van der Waals surface area contributed by atoms with Crippen LogP contribution in [0.1, 0.15) is 33.1 Å². The Morgan fingerprint density at radius 1 is 1.50 bits per heavy atom. The maximum absolute atomic E-state index is 11.8. The van der Waals surface area contributed by atoms with Crippen LogP contribution in [0.3, 0.4) is 0 Å². The Kier molecular flexibility index (Phi) is 6.02. The third kappa shape index (κ3) is 4.26. The van der Waals surface area contributed by atoms with E-state index in [4.69, 9.17) is 0 Å². The van der Waals surface area contributed by atoms with Crippen molar-refractivity contribution in [2.75, 3.05) is 17.3 Å². The monoisotopic (exact) mass is 232 g/mol. The topological polar surface area (TPSA) is 17.1 Å². The van der Waals surface area contributed by atoms with Crippen molar-refractivity contribution in [3.05, 3.63) is 0 Å². The van der Waals surface area contributed by atoms with Gasteiger partial charge >= 0.3 is 0 Å². The van der Waals surface area contributed by atoms with Crippen LogP contribution in [0.2, 0.25) is 0 Å². The van der Waals surface area contributed by atoms with Gasteiger partial charge in [-0.1, -0.05) is 26.7 Å². The van der Waals surface area contributed by atoms with Crippen molar-refractivity contribution in [1.29, 1.82) is 0 Å². The van der Waals surface area contributed by atoms with Crippen LogP contribution < -0.4 is 0 Å². The van der Waals surface area contributed by atoms with Crippen molar-refractivity contribution in [2.24, 2.45) is 5.92 Å². The first-order chi connectivity index (χ1) is 6.74. The van der Waals surface area contributed by atoms with Crippen LogP contribution in [0.5, 0.6) is 0 Å². The van der Waals surface area contributed by atoms with Gasteiger partial charge in [0.2, 0.25) is 0 Å². The standard InChI is InChI=1S/C11H20OS2/c1-3-4-9(2)7-10(12)11-8-13-5-6-14-11/h9,11H,3-8H2,1-2H3. The molecule has 1 nitrogen and oxygen atoms in total. The predicted octanol–water partition coefficient (Wildman–Crippen LogP) is 3.23. The summed E-state index contributed by atoms with van der Waals surface area (Å²) in [6, 6.07) is 0. The molecule has 0 N–H and O–H groups in total. The molecule has 3 heteroatoms. The predicted molar refractivity (Wildman–Crippen MR) is 67.3 cm³/mol. The van der Waals surface area contributed by atoms with Crippen LogP contribution in [0, 0.1) is 5.92 Å². The summed E-state index contributed by atoms with van der Waals surface area (Å²) in [4.78, 5) is 11.8. The van der Waals surface area contributed by atoms with Crippen LogP contribution in [0.4, 0.5) is 0 Å². The normalized spacial score (nSPS) is 24.6. The molecule has 0 aromatic rings. The average Bonchev–Trinajstić information content (AvgIpc) is 2.19. The van der Waals surface area contributed by atoms with E-state index in [9.17, 15) is 4.79 Å². The van der Waals surface area contributed by atoms with Gasteiger partial charge < -0.3 is 0 Å². The maximum atomic E-state index is 11.8. The molecule has 2 atom stereocenters. The number of Topliss-reactive ketones (excluding diaryl/α,β-unsaturated/α-hetero) is 1. The highest BCUT2D eigenvalue weighted by molar-refractivity contribution is 8.07. The summed E-state index contributed by atoms with van der Waals surface area (Å²) in [5.41, 5.74) is 0. The fourth-order valence-corrected chi connectivity index (χ4v) is 4.41. The summed E-state index contributed by atoms with van der Waals surface area (Å²) in [7, 11) is 0. The largest absolute Gasteiger partial charge is 0.298 e. The molecule has 0 aromatic heterocycles. The summed E-state index contributed by atoms with van der Waals surface area (Å²) in [6.07, 6.45) is 3.18. The summed E-state index contributed by atoms with van der Waals surface area (Å²) < 4.78 is 0. The Bertz CT molecular complexity index is 176. The summed E-state index contributed by atoms with van der Waals surface area (Å²) in [5.74, 6) is 4.49. The molecule has 1 saturated heterocycles. The maximum Gasteiger partial charge on any atom is 0.146 e. The van der Waals surface area contributed by atoms with Crippen LogP contribution in [-0.2, 0) is 4.79 Å². The van der Waals surface area contributed by atoms with E-state index >= 15 is 0 Å². The molecular formula is C11H20OS2. The van der Waals surface area contributed by atoms with Crippen molar-refractivity contribution >= 4 is 29.3 Å². The van der Waals surface area contributed by atoms with Gasteiger partial charge in [-0.25, -0.2) is 0 Å². The number of hydrogen-bond acceptors (Lipinski definition) is 3. The number of ketones is 1. The summed E-state index contributed by atoms with van der Waals surface area (Å²) in [6.45, 7) is 4.38. The molecule has 0 aromatic carbocycles. The Balaban J connectivity index is 2.25. The van der Waals surface area contributed by atoms with E-state index in [1.54, 1.807) is 0 Å². The number of hydrogen-bond donors (Lipinski definition) is 0. The molecule has 0 radical (unpaired) electrons. The Labute approximate surface area is 95.8 Å². The molecule has 1 aliphatic rings. The highest BCUT2D eigenvalue weighted by atomic mass is 32.2. The van der Waals surface area contributed by atoms with Gasteiger partial charge in [-0.3, -0.25) is 4.79 Å². The molecule has 0 saturated carbocycles. The van der Waals surface area contributed by atoms with Crippen LogP contribution in [0.25, 0.3) is 0 Å². The van der Waals surface area contributed by atoms with E-state index < -0.39 is 0 Å². The molecule has 0 bridgehead atoms. The third-order valence-electron chi connectivity index (χ3n) is 2.51.